The third kappa shape index (κ3) is 2.87. The van der Waals surface area contributed by atoms with Crippen molar-refractivity contribution in [3.05, 3.63) is 46.2 Å². The van der Waals surface area contributed by atoms with E-state index in [4.69, 9.17) is 9.47 Å². The maximum atomic E-state index is 5.42. The number of hydrogen-bond donors (Lipinski definition) is 0. The summed E-state index contributed by atoms with van der Waals surface area (Å²) in [5, 5.41) is 4.25. The first kappa shape index (κ1) is 13.4. The first-order valence-electron chi connectivity index (χ1n) is 5.62. The Morgan fingerprint density at radius 1 is 1.17 bits per heavy atom. The van der Waals surface area contributed by atoms with E-state index in [1.807, 2.05) is 18.2 Å². The fourth-order valence-corrected chi connectivity index (χ4v) is 3.41. The molecule has 0 bridgehead atoms. The molecular weight excluding hydrogens is 312 g/mol. The number of methoxy groups -OCH3 is 2. The van der Waals surface area contributed by atoms with Crippen molar-refractivity contribution >= 4 is 27.3 Å². The van der Waals surface area contributed by atoms with Crippen LogP contribution in [0.3, 0.4) is 0 Å². The smallest absolute Gasteiger partial charge is 0.126 e. The normalized spacial score (nSPS) is 12.2. The molecule has 1 aromatic carbocycles. The van der Waals surface area contributed by atoms with Crippen molar-refractivity contribution in [1.29, 1.82) is 0 Å². The molecular formula is C14H15BrO2S. The van der Waals surface area contributed by atoms with Crippen LogP contribution in [-0.2, 0) is 6.42 Å². The minimum Gasteiger partial charge on any atom is -0.496 e. The Morgan fingerprint density at radius 2 is 1.83 bits per heavy atom. The molecule has 0 aliphatic carbocycles. The van der Waals surface area contributed by atoms with Crippen molar-refractivity contribution in [1.82, 2.24) is 0 Å². The van der Waals surface area contributed by atoms with Gasteiger partial charge in [0, 0.05) is 0 Å². The Hall–Kier alpha value is -1.00. The van der Waals surface area contributed by atoms with Gasteiger partial charge in [-0.2, -0.15) is 11.3 Å². The van der Waals surface area contributed by atoms with Crippen molar-refractivity contribution in [3.63, 3.8) is 0 Å². The van der Waals surface area contributed by atoms with Crippen molar-refractivity contribution < 1.29 is 9.47 Å². The Balaban J connectivity index is 2.30. The molecule has 1 heterocycles. The van der Waals surface area contributed by atoms with E-state index in [9.17, 15) is 0 Å². The highest BCUT2D eigenvalue weighted by Gasteiger charge is 2.18. The minimum absolute atomic E-state index is 0.179. The quantitative estimate of drug-likeness (QED) is 0.756. The van der Waals surface area contributed by atoms with Gasteiger partial charge in [0.1, 0.15) is 11.5 Å². The van der Waals surface area contributed by atoms with Crippen LogP contribution in [0, 0.1) is 0 Å². The lowest BCUT2D eigenvalue weighted by Gasteiger charge is -2.17. The van der Waals surface area contributed by atoms with Crippen LogP contribution < -0.4 is 9.47 Å². The number of benzene rings is 1. The van der Waals surface area contributed by atoms with Gasteiger partial charge >= 0.3 is 0 Å². The molecule has 4 heteroatoms. The van der Waals surface area contributed by atoms with Gasteiger partial charge < -0.3 is 9.47 Å². The zero-order chi connectivity index (χ0) is 13.0. The molecule has 0 fully saturated rings. The van der Waals surface area contributed by atoms with E-state index in [-0.39, 0.29) is 4.83 Å². The van der Waals surface area contributed by atoms with Crippen molar-refractivity contribution in [2.24, 2.45) is 0 Å². The first-order valence-corrected chi connectivity index (χ1v) is 7.48. The molecule has 1 atom stereocenters. The molecule has 0 aliphatic rings. The van der Waals surface area contributed by atoms with Gasteiger partial charge in [0.2, 0.25) is 0 Å². The fraction of sp³-hybridized carbons (Fsp3) is 0.286. The van der Waals surface area contributed by atoms with Gasteiger partial charge in [-0.05, 0) is 40.9 Å². The van der Waals surface area contributed by atoms with Gasteiger partial charge in [0.05, 0.1) is 24.6 Å². The van der Waals surface area contributed by atoms with Gasteiger partial charge in [0.15, 0.2) is 0 Å². The number of rotatable bonds is 5. The predicted molar refractivity (Wildman–Crippen MR) is 79.2 cm³/mol. The van der Waals surface area contributed by atoms with Gasteiger partial charge in [-0.25, -0.2) is 0 Å². The highest BCUT2D eigenvalue weighted by atomic mass is 79.9. The monoisotopic (exact) mass is 326 g/mol. The van der Waals surface area contributed by atoms with E-state index in [2.05, 4.69) is 32.8 Å². The van der Waals surface area contributed by atoms with Crippen LogP contribution in [0.5, 0.6) is 11.5 Å². The lowest BCUT2D eigenvalue weighted by molar-refractivity contribution is 0.385. The van der Waals surface area contributed by atoms with Crippen LogP contribution in [0.4, 0.5) is 0 Å². The zero-order valence-electron chi connectivity index (χ0n) is 10.4. The molecule has 2 aromatic rings. The Kier molecular flexibility index (Phi) is 4.66. The summed E-state index contributed by atoms with van der Waals surface area (Å²) in [5.74, 6) is 1.71. The van der Waals surface area contributed by atoms with E-state index < -0.39 is 0 Å². The van der Waals surface area contributed by atoms with Gasteiger partial charge in [-0.15, -0.1) is 0 Å². The molecule has 0 N–H and O–H groups in total. The molecule has 2 rings (SSSR count). The third-order valence-electron chi connectivity index (χ3n) is 2.77. The van der Waals surface area contributed by atoms with Crippen molar-refractivity contribution in [2.75, 3.05) is 14.2 Å². The SMILES string of the molecule is COc1cccc(OC)c1C(Br)Cc1ccsc1. The molecule has 1 unspecified atom stereocenters. The van der Waals surface area contributed by atoms with Crippen LogP contribution in [0.1, 0.15) is 16.0 Å². The van der Waals surface area contributed by atoms with Crippen LogP contribution in [0.15, 0.2) is 35.0 Å². The second-order valence-corrected chi connectivity index (χ2v) is 5.76. The van der Waals surface area contributed by atoms with E-state index >= 15 is 0 Å². The average molecular weight is 327 g/mol. The summed E-state index contributed by atoms with van der Waals surface area (Å²) < 4.78 is 10.8. The summed E-state index contributed by atoms with van der Waals surface area (Å²) in [6.07, 6.45) is 0.917. The molecule has 0 radical (unpaired) electrons. The Bertz CT molecular complexity index is 474. The molecule has 1 aromatic heterocycles. The summed E-state index contributed by atoms with van der Waals surface area (Å²) in [6.45, 7) is 0. The number of ether oxygens (including phenoxy) is 2. The summed E-state index contributed by atoms with van der Waals surface area (Å²) in [4.78, 5) is 0.179. The molecule has 0 spiro atoms. The van der Waals surface area contributed by atoms with Crippen LogP contribution in [-0.4, -0.2) is 14.2 Å². The maximum Gasteiger partial charge on any atom is 0.126 e. The van der Waals surface area contributed by atoms with Crippen molar-refractivity contribution in [2.45, 2.75) is 11.2 Å². The summed E-state index contributed by atoms with van der Waals surface area (Å²) in [7, 11) is 3.37. The standard InChI is InChI=1S/C14H15BrO2S/c1-16-12-4-3-5-13(17-2)14(12)11(15)8-10-6-7-18-9-10/h3-7,9,11H,8H2,1-2H3. The molecule has 18 heavy (non-hydrogen) atoms. The predicted octanol–water partition coefficient (Wildman–Crippen LogP) is 4.44. The first-order chi connectivity index (χ1) is 8.76. The summed E-state index contributed by atoms with van der Waals surface area (Å²) in [6, 6.07) is 7.99. The van der Waals surface area contributed by atoms with Crippen LogP contribution in [0.2, 0.25) is 0 Å². The molecule has 2 nitrogen and oxygen atoms in total. The third-order valence-corrected chi connectivity index (χ3v) is 4.29. The fourth-order valence-electron chi connectivity index (χ4n) is 1.91. The maximum absolute atomic E-state index is 5.42. The van der Waals surface area contributed by atoms with E-state index in [1.54, 1.807) is 25.6 Å². The lowest BCUT2D eigenvalue weighted by atomic mass is 10.0. The zero-order valence-corrected chi connectivity index (χ0v) is 12.8. The van der Waals surface area contributed by atoms with E-state index in [0.29, 0.717) is 0 Å². The minimum atomic E-state index is 0.179. The Labute approximate surface area is 120 Å². The summed E-state index contributed by atoms with van der Waals surface area (Å²) in [5.41, 5.74) is 2.38. The number of thiophene rings is 1. The average Bonchev–Trinajstić information content (AvgIpc) is 2.90. The largest absolute Gasteiger partial charge is 0.496 e. The highest BCUT2D eigenvalue weighted by Crippen LogP contribution is 2.40. The summed E-state index contributed by atoms with van der Waals surface area (Å²) >= 11 is 5.45. The van der Waals surface area contributed by atoms with Crippen molar-refractivity contribution in [3.8, 4) is 11.5 Å². The molecule has 0 saturated heterocycles. The van der Waals surface area contributed by atoms with E-state index in [0.717, 1.165) is 23.5 Å². The molecule has 0 saturated carbocycles. The molecule has 0 aliphatic heterocycles. The van der Waals surface area contributed by atoms with Crippen LogP contribution in [0.25, 0.3) is 0 Å². The van der Waals surface area contributed by atoms with E-state index in [1.165, 1.54) is 5.56 Å². The van der Waals surface area contributed by atoms with Gasteiger partial charge in [0.25, 0.3) is 0 Å². The van der Waals surface area contributed by atoms with Gasteiger partial charge in [-0.3, -0.25) is 0 Å². The number of hydrogen-bond acceptors (Lipinski definition) is 3. The molecule has 96 valence electrons. The molecule has 0 amide bonds. The number of halogens is 1. The Morgan fingerprint density at radius 3 is 2.33 bits per heavy atom. The van der Waals surface area contributed by atoms with Crippen LogP contribution >= 0.6 is 27.3 Å². The second kappa shape index (κ2) is 6.25. The number of alkyl halides is 1. The highest BCUT2D eigenvalue weighted by molar-refractivity contribution is 9.09. The second-order valence-electron chi connectivity index (χ2n) is 3.88. The van der Waals surface area contributed by atoms with Gasteiger partial charge in [-0.1, -0.05) is 22.0 Å². The topological polar surface area (TPSA) is 18.5 Å². The lowest BCUT2D eigenvalue weighted by Crippen LogP contribution is -2.01.